The molecule has 4 heteroatoms. The Morgan fingerprint density at radius 1 is 1.09 bits per heavy atom. The van der Waals surface area contributed by atoms with Crippen LogP contribution in [0.1, 0.15) is 43.7 Å². The number of rotatable bonds is 2. The fourth-order valence-corrected chi connectivity index (χ4v) is 3.26. The largest absolute Gasteiger partial charge is 0.419 e. The number of oxazole rings is 1. The first-order valence-electron chi connectivity index (χ1n) is 7.79. The van der Waals surface area contributed by atoms with Crippen LogP contribution in [0.5, 0.6) is 0 Å². The number of benzene rings is 1. The fourth-order valence-electron chi connectivity index (χ4n) is 3.26. The average molecular weight is 299 g/mol. The van der Waals surface area contributed by atoms with Crippen molar-refractivity contribution in [1.82, 2.24) is 4.57 Å². The maximum Gasteiger partial charge on any atom is 0.419 e. The molecule has 1 aliphatic carbocycles. The first-order valence-corrected chi connectivity index (χ1v) is 7.79. The summed E-state index contributed by atoms with van der Waals surface area (Å²) in [4.78, 5) is 24.6. The molecule has 22 heavy (non-hydrogen) atoms. The third kappa shape index (κ3) is 2.43. The molecule has 0 saturated heterocycles. The zero-order chi connectivity index (χ0) is 15.9. The SMILES string of the molecule is C[C@H]1Cc2c(oc(=O)n2Cc2ccccc2)[C@H](C)[C@@H](C)C1=O. The maximum atomic E-state index is 12.3. The van der Waals surface area contributed by atoms with E-state index in [0.29, 0.717) is 18.7 Å². The van der Waals surface area contributed by atoms with Gasteiger partial charge in [-0.25, -0.2) is 4.79 Å². The van der Waals surface area contributed by atoms with E-state index in [0.717, 1.165) is 11.3 Å². The van der Waals surface area contributed by atoms with Gasteiger partial charge in [-0.15, -0.1) is 0 Å². The van der Waals surface area contributed by atoms with Crippen LogP contribution in [0.25, 0.3) is 0 Å². The molecular weight excluding hydrogens is 278 g/mol. The van der Waals surface area contributed by atoms with E-state index in [1.54, 1.807) is 4.57 Å². The Labute approximate surface area is 129 Å². The molecule has 0 spiro atoms. The number of nitrogens with zero attached hydrogens (tertiary/aromatic N) is 1. The number of carbonyl (C=O) groups is 1. The number of fused-ring (bicyclic) bond motifs is 1. The number of hydrogen-bond acceptors (Lipinski definition) is 3. The highest BCUT2D eigenvalue weighted by Gasteiger charge is 2.36. The molecule has 1 aromatic carbocycles. The predicted molar refractivity (Wildman–Crippen MR) is 84.0 cm³/mol. The summed E-state index contributed by atoms with van der Waals surface area (Å²) in [5.74, 6) is 0.347. The summed E-state index contributed by atoms with van der Waals surface area (Å²) in [6, 6.07) is 9.84. The van der Waals surface area contributed by atoms with Crippen molar-refractivity contribution in [3.8, 4) is 0 Å². The van der Waals surface area contributed by atoms with E-state index in [2.05, 4.69) is 0 Å². The molecule has 1 aliphatic rings. The average Bonchev–Trinajstić information content (AvgIpc) is 2.79. The smallest absolute Gasteiger partial charge is 0.412 e. The number of hydrogen-bond donors (Lipinski definition) is 0. The van der Waals surface area contributed by atoms with Crippen LogP contribution in [0.2, 0.25) is 0 Å². The van der Waals surface area contributed by atoms with E-state index in [9.17, 15) is 9.59 Å². The van der Waals surface area contributed by atoms with Crippen molar-refractivity contribution in [2.75, 3.05) is 0 Å². The minimum atomic E-state index is -0.325. The molecule has 0 fully saturated rings. The Hall–Kier alpha value is -2.10. The van der Waals surface area contributed by atoms with Gasteiger partial charge in [0.2, 0.25) is 0 Å². The Morgan fingerprint density at radius 3 is 2.45 bits per heavy atom. The van der Waals surface area contributed by atoms with E-state index in [1.165, 1.54) is 0 Å². The van der Waals surface area contributed by atoms with Crippen LogP contribution in [0.15, 0.2) is 39.5 Å². The molecule has 2 aromatic rings. The molecule has 0 saturated carbocycles. The predicted octanol–water partition coefficient (Wildman–Crippen LogP) is 2.99. The molecule has 1 aromatic heterocycles. The lowest BCUT2D eigenvalue weighted by Gasteiger charge is -2.15. The van der Waals surface area contributed by atoms with Crippen LogP contribution in [0.3, 0.4) is 0 Å². The summed E-state index contributed by atoms with van der Waals surface area (Å²) in [5.41, 5.74) is 1.93. The van der Waals surface area contributed by atoms with Crippen molar-refractivity contribution in [3.63, 3.8) is 0 Å². The Balaban J connectivity index is 2.06. The highest BCUT2D eigenvalue weighted by Crippen LogP contribution is 2.34. The molecule has 0 radical (unpaired) electrons. The lowest BCUT2D eigenvalue weighted by molar-refractivity contribution is -0.126. The number of carbonyl (C=O) groups excluding carboxylic acids is 1. The third-order valence-electron chi connectivity index (χ3n) is 4.81. The fraction of sp³-hybridized carbons (Fsp3) is 0.444. The van der Waals surface area contributed by atoms with E-state index in [1.807, 2.05) is 51.1 Å². The monoisotopic (exact) mass is 299 g/mol. The summed E-state index contributed by atoms with van der Waals surface area (Å²) in [5, 5.41) is 0. The Kier molecular flexibility index (Phi) is 3.77. The number of aromatic nitrogens is 1. The third-order valence-corrected chi connectivity index (χ3v) is 4.81. The highest BCUT2D eigenvalue weighted by molar-refractivity contribution is 5.84. The molecular formula is C18H21NO3. The molecule has 1 heterocycles. The lowest BCUT2D eigenvalue weighted by Crippen LogP contribution is -2.23. The second kappa shape index (κ2) is 5.59. The number of ketones is 1. The van der Waals surface area contributed by atoms with Gasteiger partial charge in [-0.05, 0) is 5.56 Å². The second-order valence-corrected chi connectivity index (χ2v) is 6.34. The van der Waals surface area contributed by atoms with Gasteiger partial charge in [0.05, 0.1) is 12.2 Å². The summed E-state index contributed by atoms with van der Waals surface area (Å²) >= 11 is 0. The summed E-state index contributed by atoms with van der Waals surface area (Å²) < 4.78 is 7.21. The molecule has 0 bridgehead atoms. The molecule has 0 aliphatic heterocycles. The van der Waals surface area contributed by atoms with Gasteiger partial charge in [0, 0.05) is 24.2 Å². The van der Waals surface area contributed by atoms with Crippen molar-refractivity contribution < 1.29 is 9.21 Å². The van der Waals surface area contributed by atoms with E-state index < -0.39 is 0 Å². The van der Waals surface area contributed by atoms with Crippen molar-refractivity contribution >= 4 is 5.78 Å². The topological polar surface area (TPSA) is 52.2 Å². The van der Waals surface area contributed by atoms with Crippen LogP contribution in [-0.2, 0) is 17.8 Å². The van der Waals surface area contributed by atoms with E-state index in [-0.39, 0.29) is 29.3 Å². The van der Waals surface area contributed by atoms with Crippen LogP contribution >= 0.6 is 0 Å². The van der Waals surface area contributed by atoms with Gasteiger partial charge in [-0.1, -0.05) is 51.1 Å². The number of Topliss-reactive ketones (excluding diaryl/α,β-unsaturated/α-hetero) is 1. The van der Waals surface area contributed by atoms with Crippen LogP contribution in [-0.4, -0.2) is 10.4 Å². The van der Waals surface area contributed by atoms with Crippen molar-refractivity contribution in [2.45, 2.75) is 39.7 Å². The normalized spacial score (nSPS) is 24.9. The van der Waals surface area contributed by atoms with Crippen molar-refractivity contribution in [2.24, 2.45) is 11.8 Å². The minimum Gasteiger partial charge on any atom is -0.412 e. The second-order valence-electron chi connectivity index (χ2n) is 6.34. The molecule has 0 N–H and O–H groups in total. The van der Waals surface area contributed by atoms with Gasteiger partial charge >= 0.3 is 5.76 Å². The van der Waals surface area contributed by atoms with Crippen molar-refractivity contribution in [3.05, 3.63) is 57.9 Å². The molecule has 0 amide bonds. The minimum absolute atomic E-state index is 0.0582. The Morgan fingerprint density at radius 2 is 1.77 bits per heavy atom. The van der Waals surface area contributed by atoms with E-state index >= 15 is 0 Å². The zero-order valence-corrected chi connectivity index (χ0v) is 13.2. The summed E-state index contributed by atoms with van der Waals surface area (Å²) in [6.45, 7) is 6.31. The van der Waals surface area contributed by atoms with Gasteiger partial charge in [-0.3, -0.25) is 9.36 Å². The van der Waals surface area contributed by atoms with Gasteiger partial charge in [0.1, 0.15) is 11.5 Å². The van der Waals surface area contributed by atoms with Crippen LogP contribution in [0, 0.1) is 11.8 Å². The van der Waals surface area contributed by atoms with E-state index in [4.69, 9.17) is 4.42 Å². The molecule has 116 valence electrons. The summed E-state index contributed by atoms with van der Waals surface area (Å²) in [6.07, 6.45) is 0.571. The first kappa shape index (κ1) is 14.8. The van der Waals surface area contributed by atoms with Gasteiger partial charge in [0.25, 0.3) is 0 Å². The molecule has 0 unspecified atom stereocenters. The lowest BCUT2D eigenvalue weighted by atomic mass is 9.87. The quantitative estimate of drug-likeness (QED) is 0.801. The highest BCUT2D eigenvalue weighted by atomic mass is 16.4. The van der Waals surface area contributed by atoms with Gasteiger partial charge in [0.15, 0.2) is 0 Å². The molecule has 4 nitrogen and oxygen atoms in total. The first-order chi connectivity index (χ1) is 10.5. The molecule has 3 rings (SSSR count). The summed E-state index contributed by atoms with van der Waals surface area (Å²) in [7, 11) is 0. The standard InChI is InChI=1S/C18H21NO3/c1-11-9-15-17(13(3)12(2)16(11)20)22-18(21)19(15)10-14-7-5-4-6-8-14/h4-8,11-13H,9-10H2,1-3H3/t11-,12+,13+/m0/s1. The van der Waals surface area contributed by atoms with Crippen molar-refractivity contribution in [1.29, 1.82) is 0 Å². The van der Waals surface area contributed by atoms with Crippen LogP contribution < -0.4 is 5.76 Å². The Bertz CT molecular complexity index is 741. The maximum absolute atomic E-state index is 12.3. The molecule has 3 atom stereocenters. The zero-order valence-electron chi connectivity index (χ0n) is 13.2. The van der Waals surface area contributed by atoms with Crippen LogP contribution in [0.4, 0.5) is 0 Å². The van der Waals surface area contributed by atoms with Gasteiger partial charge in [-0.2, -0.15) is 0 Å². The van der Waals surface area contributed by atoms with Gasteiger partial charge < -0.3 is 4.42 Å².